The summed E-state index contributed by atoms with van der Waals surface area (Å²) in [6.07, 6.45) is 0. The Morgan fingerprint density at radius 3 is 2.48 bits per heavy atom. The number of hydrogen-bond donors (Lipinski definition) is 3. The molecule has 6 nitrogen and oxygen atoms in total. The molecule has 2 rings (SSSR count). The number of rotatable bonds is 6. The second kappa shape index (κ2) is 8.48. The number of benzene rings is 2. The summed E-state index contributed by atoms with van der Waals surface area (Å²) in [5.74, 6) is 0.542. The fraction of sp³-hybridized carbons (Fsp3) is 0.368. The highest BCUT2D eigenvalue weighted by atomic mass is 16.5. The zero-order valence-electron chi connectivity index (χ0n) is 15.2. The van der Waals surface area contributed by atoms with Crippen LogP contribution in [0.15, 0.2) is 36.4 Å². The molecule has 2 aromatic carbocycles. The van der Waals surface area contributed by atoms with Crippen LogP contribution in [0.3, 0.4) is 0 Å². The molecule has 0 bridgehead atoms. The van der Waals surface area contributed by atoms with Crippen molar-refractivity contribution in [1.29, 1.82) is 0 Å². The Morgan fingerprint density at radius 2 is 1.80 bits per heavy atom. The van der Waals surface area contributed by atoms with E-state index in [2.05, 4.69) is 28.8 Å². The zero-order chi connectivity index (χ0) is 18.4. The number of ether oxygens (including phenoxy) is 1. The van der Waals surface area contributed by atoms with E-state index < -0.39 is 6.03 Å². The summed E-state index contributed by atoms with van der Waals surface area (Å²) in [5.41, 5.74) is 1.13. The van der Waals surface area contributed by atoms with Crippen LogP contribution in [-0.2, 0) is 11.3 Å². The number of methoxy groups -OCH3 is 1. The van der Waals surface area contributed by atoms with E-state index in [-0.39, 0.29) is 18.5 Å². The standard InChI is InChI=1S/C19H25N3O3/c1-13(2)20-19(24)21-18(23)12-22(3)11-14-5-6-16-10-17(25-4)8-7-15(16)9-14/h5-10,13H,11-12H2,1-4H3,(H2,20,21,23,24)/p+1. The molecule has 0 aliphatic carbocycles. The number of amides is 3. The van der Waals surface area contributed by atoms with Gasteiger partial charge in [0.15, 0.2) is 6.54 Å². The minimum absolute atomic E-state index is 0.00546. The first kappa shape index (κ1) is 18.7. The molecular formula is C19H26N3O3+. The molecule has 0 heterocycles. The van der Waals surface area contributed by atoms with E-state index >= 15 is 0 Å². The lowest BCUT2D eigenvalue weighted by molar-refractivity contribution is -0.885. The number of quaternary nitrogens is 1. The van der Waals surface area contributed by atoms with Gasteiger partial charge in [-0.3, -0.25) is 10.1 Å². The fourth-order valence-corrected chi connectivity index (χ4v) is 2.66. The van der Waals surface area contributed by atoms with Gasteiger partial charge in [-0.05, 0) is 42.8 Å². The van der Waals surface area contributed by atoms with Crippen LogP contribution in [0.2, 0.25) is 0 Å². The van der Waals surface area contributed by atoms with Gasteiger partial charge in [-0.2, -0.15) is 0 Å². The third-order valence-corrected chi connectivity index (χ3v) is 3.75. The lowest BCUT2D eigenvalue weighted by Crippen LogP contribution is -3.09. The number of nitrogens with one attached hydrogen (secondary N) is 3. The Kier molecular flexibility index (Phi) is 6.36. The number of carbonyl (C=O) groups excluding carboxylic acids is 2. The number of fused-ring (bicyclic) bond motifs is 1. The zero-order valence-corrected chi connectivity index (χ0v) is 15.2. The van der Waals surface area contributed by atoms with Gasteiger partial charge < -0.3 is 15.0 Å². The maximum absolute atomic E-state index is 11.9. The third-order valence-electron chi connectivity index (χ3n) is 3.75. The molecule has 0 aliphatic heterocycles. The summed E-state index contributed by atoms with van der Waals surface area (Å²) >= 11 is 0. The molecule has 134 valence electrons. The predicted molar refractivity (Wildman–Crippen MR) is 97.8 cm³/mol. The van der Waals surface area contributed by atoms with E-state index in [1.54, 1.807) is 7.11 Å². The molecule has 2 aromatic rings. The van der Waals surface area contributed by atoms with Gasteiger partial charge in [0.2, 0.25) is 0 Å². The molecule has 0 saturated heterocycles. The fourth-order valence-electron chi connectivity index (χ4n) is 2.66. The minimum Gasteiger partial charge on any atom is -0.497 e. The molecule has 0 aliphatic rings. The van der Waals surface area contributed by atoms with Gasteiger partial charge in [-0.15, -0.1) is 0 Å². The Balaban J connectivity index is 1.93. The van der Waals surface area contributed by atoms with Crippen molar-refractivity contribution in [1.82, 2.24) is 10.6 Å². The van der Waals surface area contributed by atoms with Crippen molar-refractivity contribution in [2.24, 2.45) is 0 Å². The van der Waals surface area contributed by atoms with Crippen molar-refractivity contribution < 1.29 is 19.2 Å². The molecule has 0 saturated carbocycles. The molecule has 25 heavy (non-hydrogen) atoms. The topological polar surface area (TPSA) is 71.9 Å². The summed E-state index contributed by atoms with van der Waals surface area (Å²) in [4.78, 5) is 24.5. The van der Waals surface area contributed by atoms with Crippen molar-refractivity contribution in [3.8, 4) is 5.75 Å². The van der Waals surface area contributed by atoms with Crippen LogP contribution in [0.25, 0.3) is 10.8 Å². The average Bonchev–Trinajstić information content (AvgIpc) is 2.52. The smallest absolute Gasteiger partial charge is 0.321 e. The molecule has 1 atom stereocenters. The van der Waals surface area contributed by atoms with Crippen LogP contribution in [-0.4, -0.2) is 38.7 Å². The van der Waals surface area contributed by atoms with E-state index in [4.69, 9.17) is 4.74 Å². The van der Waals surface area contributed by atoms with E-state index in [1.807, 2.05) is 39.1 Å². The lowest BCUT2D eigenvalue weighted by atomic mass is 10.1. The number of urea groups is 1. The van der Waals surface area contributed by atoms with Gasteiger partial charge in [0.25, 0.3) is 5.91 Å². The number of likely N-dealkylation sites (N-methyl/N-ethyl adjacent to an activating group) is 1. The van der Waals surface area contributed by atoms with Gasteiger partial charge in [0.05, 0.1) is 14.2 Å². The normalized spacial score (nSPS) is 12.0. The Hall–Kier alpha value is -2.60. The first-order valence-corrected chi connectivity index (χ1v) is 8.35. The SMILES string of the molecule is COc1ccc2cc(C[NH+](C)CC(=O)NC(=O)NC(C)C)ccc2c1. The van der Waals surface area contributed by atoms with Crippen molar-refractivity contribution in [2.75, 3.05) is 20.7 Å². The van der Waals surface area contributed by atoms with E-state index in [1.165, 1.54) is 0 Å². The van der Waals surface area contributed by atoms with Gasteiger partial charge in [-0.1, -0.05) is 18.2 Å². The monoisotopic (exact) mass is 344 g/mol. The highest BCUT2D eigenvalue weighted by Gasteiger charge is 2.14. The van der Waals surface area contributed by atoms with Gasteiger partial charge in [0, 0.05) is 11.6 Å². The van der Waals surface area contributed by atoms with Crippen LogP contribution in [0.4, 0.5) is 4.79 Å². The van der Waals surface area contributed by atoms with Crippen molar-refractivity contribution >= 4 is 22.7 Å². The number of imide groups is 1. The Labute approximate surface area is 148 Å². The summed E-state index contributed by atoms with van der Waals surface area (Å²) in [5, 5.41) is 7.23. The highest BCUT2D eigenvalue weighted by molar-refractivity contribution is 5.94. The molecule has 6 heteroatoms. The van der Waals surface area contributed by atoms with Crippen molar-refractivity contribution in [3.05, 3.63) is 42.0 Å². The molecule has 0 fully saturated rings. The Morgan fingerprint density at radius 1 is 1.12 bits per heavy atom. The lowest BCUT2D eigenvalue weighted by Gasteiger charge is -2.15. The Bertz CT molecular complexity index is 759. The van der Waals surface area contributed by atoms with Crippen LogP contribution in [0, 0.1) is 0 Å². The van der Waals surface area contributed by atoms with Crippen molar-refractivity contribution in [3.63, 3.8) is 0 Å². The molecule has 0 aromatic heterocycles. The third kappa shape index (κ3) is 5.76. The minimum atomic E-state index is -0.451. The van der Waals surface area contributed by atoms with Crippen LogP contribution >= 0.6 is 0 Å². The quantitative estimate of drug-likeness (QED) is 0.735. The maximum atomic E-state index is 11.9. The maximum Gasteiger partial charge on any atom is 0.321 e. The van der Waals surface area contributed by atoms with Gasteiger partial charge in [-0.25, -0.2) is 4.79 Å². The van der Waals surface area contributed by atoms with Gasteiger partial charge in [0.1, 0.15) is 12.3 Å². The summed E-state index contributed by atoms with van der Waals surface area (Å²) in [7, 11) is 3.58. The van der Waals surface area contributed by atoms with Gasteiger partial charge >= 0.3 is 6.03 Å². The van der Waals surface area contributed by atoms with Crippen LogP contribution < -0.4 is 20.3 Å². The molecule has 3 amide bonds. The largest absolute Gasteiger partial charge is 0.497 e. The first-order valence-electron chi connectivity index (χ1n) is 8.35. The van der Waals surface area contributed by atoms with E-state index in [9.17, 15) is 9.59 Å². The molecule has 0 radical (unpaired) electrons. The van der Waals surface area contributed by atoms with Crippen LogP contribution in [0.1, 0.15) is 19.4 Å². The number of carbonyl (C=O) groups is 2. The summed E-state index contributed by atoms with van der Waals surface area (Å²) in [6.45, 7) is 4.61. The van der Waals surface area contributed by atoms with Crippen LogP contribution in [0.5, 0.6) is 5.75 Å². The second-order valence-electron chi connectivity index (χ2n) is 6.53. The summed E-state index contributed by atoms with van der Waals surface area (Å²) < 4.78 is 5.24. The van der Waals surface area contributed by atoms with E-state index in [0.717, 1.165) is 27.0 Å². The molecule has 0 spiro atoms. The predicted octanol–water partition coefficient (Wildman–Crippen LogP) is 1.10. The highest BCUT2D eigenvalue weighted by Crippen LogP contribution is 2.21. The molecular weight excluding hydrogens is 318 g/mol. The average molecular weight is 344 g/mol. The van der Waals surface area contributed by atoms with E-state index in [0.29, 0.717) is 6.54 Å². The second-order valence-corrected chi connectivity index (χ2v) is 6.53. The van der Waals surface area contributed by atoms with Crippen molar-refractivity contribution in [2.45, 2.75) is 26.4 Å². The first-order chi connectivity index (χ1) is 11.9. The molecule has 3 N–H and O–H groups in total. The summed E-state index contributed by atoms with van der Waals surface area (Å²) in [6, 6.07) is 11.7. The molecule has 1 unspecified atom stereocenters. The number of hydrogen-bond acceptors (Lipinski definition) is 3.